The van der Waals surface area contributed by atoms with Gasteiger partial charge in [-0.1, -0.05) is 19.1 Å². The maximum absolute atomic E-state index is 11.7. The van der Waals surface area contributed by atoms with Gasteiger partial charge in [0.05, 0.1) is 13.0 Å². The number of Topliss-reactive ketones (excluding diaryl/α,β-unsaturated/α-hetero) is 2. The van der Waals surface area contributed by atoms with Gasteiger partial charge >= 0.3 is 0 Å². The van der Waals surface area contributed by atoms with Gasteiger partial charge in [-0.05, 0) is 43.9 Å². The molecular weight excluding hydrogens is 240 g/mol. The Labute approximate surface area is 115 Å². The van der Waals surface area contributed by atoms with Crippen LogP contribution in [0.3, 0.4) is 0 Å². The highest BCUT2D eigenvalue weighted by Crippen LogP contribution is 2.17. The molecule has 0 saturated carbocycles. The number of benzene rings is 1. The molecule has 0 aliphatic carbocycles. The fourth-order valence-electron chi connectivity index (χ4n) is 2.18. The van der Waals surface area contributed by atoms with E-state index in [1.165, 1.54) is 12.5 Å². The van der Waals surface area contributed by atoms with Crippen molar-refractivity contribution in [3.8, 4) is 5.75 Å². The molecule has 3 heteroatoms. The molecule has 3 nitrogen and oxygen atoms in total. The molecule has 1 atom stereocenters. The van der Waals surface area contributed by atoms with E-state index in [0.29, 0.717) is 12.8 Å². The van der Waals surface area contributed by atoms with Crippen LogP contribution in [-0.2, 0) is 16.0 Å². The van der Waals surface area contributed by atoms with Crippen LogP contribution < -0.4 is 4.74 Å². The molecule has 0 heterocycles. The first kappa shape index (κ1) is 15.4. The van der Waals surface area contributed by atoms with Crippen molar-refractivity contribution >= 4 is 11.6 Å². The van der Waals surface area contributed by atoms with Gasteiger partial charge in [-0.25, -0.2) is 0 Å². The van der Waals surface area contributed by atoms with Gasteiger partial charge in [0.25, 0.3) is 0 Å². The lowest BCUT2D eigenvalue weighted by atomic mass is 9.91. The van der Waals surface area contributed by atoms with Crippen molar-refractivity contribution in [2.75, 3.05) is 7.11 Å². The minimum atomic E-state index is -0.421. The van der Waals surface area contributed by atoms with Crippen LogP contribution in [0, 0.1) is 5.92 Å². The monoisotopic (exact) mass is 262 g/mol. The highest BCUT2D eigenvalue weighted by Gasteiger charge is 2.20. The number of carbonyl (C=O) groups excluding carboxylic acids is 2. The third kappa shape index (κ3) is 4.86. The second kappa shape index (κ2) is 7.72. The normalized spacial score (nSPS) is 11.9. The van der Waals surface area contributed by atoms with Crippen molar-refractivity contribution in [2.45, 2.75) is 39.5 Å². The molecule has 0 aromatic heterocycles. The summed E-state index contributed by atoms with van der Waals surface area (Å²) in [6, 6.07) is 7.88. The standard InChI is InChI=1S/C16H22O3/c1-4-16(18)15(12(2)17)10-6-8-13-7-5-9-14(11-13)19-3/h5,7,9,11,15H,4,6,8,10H2,1-3H3. The fraction of sp³-hybridized carbons (Fsp3) is 0.500. The van der Waals surface area contributed by atoms with Gasteiger partial charge in [0.2, 0.25) is 0 Å². The van der Waals surface area contributed by atoms with E-state index in [2.05, 4.69) is 0 Å². The fourth-order valence-corrected chi connectivity index (χ4v) is 2.18. The lowest BCUT2D eigenvalue weighted by molar-refractivity contribution is -0.131. The Kier molecular flexibility index (Phi) is 6.26. The SMILES string of the molecule is CCC(=O)C(CCCc1cccc(OC)c1)C(C)=O. The van der Waals surface area contributed by atoms with Crippen LogP contribution in [-0.4, -0.2) is 18.7 Å². The summed E-state index contributed by atoms with van der Waals surface area (Å²) < 4.78 is 5.17. The summed E-state index contributed by atoms with van der Waals surface area (Å²) in [6.07, 6.45) is 2.77. The summed E-state index contributed by atoms with van der Waals surface area (Å²) in [4.78, 5) is 23.1. The van der Waals surface area contributed by atoms with E-state index >= 15 is 0 Å². The summed E-state index contributed by atoms with van der Waals surface area (Å²) in [5.74, 6) is 0.455. The molecule has 0 bridgehead atoms. The van der Waals surface area contributed by atoms with Gasteiger partial charge < -0.3 is 4.74 Å². The average Bonchev–Trinajstić information content (AvgIpc) is 2.42. The zero-order valence-electron chi connectivity index (χ0n) is 11.9. The number of rotatable bonds is 8. The number of ketones is 2. The van der Waals surface area contributed by atoms with E-state index in [0.717, 1.165) is 18.6 Å². The minimum Gasteiger partial charge on any atom is -0.497 e. The zero-order chi connectivity index (χ0) is 14.3. The summed E-state index contributed by atoms with van der Waals surface area (Å²) in [5, 5.41) is 0. The van der Waals surface area contributed by atoms with Gasteiger partial charge in [-0.2, -0.15) is 0 Å². The Morgan fingerprint density at radius 1 is 1.32 bits per heavy atom. The molecule has 0 fully saturated rings. The lowest BCUT2D eigenvalue weighted by Gasteiger charge is -2.11. The largest absolute Gasteiger partial charge is 0.497 e. The molecule has 1 rings (SSSR count). The first-order valence-electron chi connectivity index (χ1n) is 6.74. The average molecular weight is 262 g/mol. The lowest BCUT2D eigenvalue weighted by Crippen LogP contribution is -2.21. The van der Waals surface area contributed by atoms with Gasteiger partial charge in [-0.3, -0.25) is 9.59 Å². The Balaban J connectivity index is 2.51. The molecule has 1 aromatic rings. The van der Waals surface area contributed by atoms with Crippen molar-refractivity contribution in [1.29, 1.82) is 0 Å². The van der Waals surface area contributed by atoms with Crippen LogP contribution in [0.4, 0.5) is 0 Å². The van der Waals surface area contributed by atoms with Crippen molar-refractivity contribution in [3.05, 3.63) is 29.8 Å². The highest BCUT2D eigenvalue weighted by molar-refractivity contribution is 6.01. The molecule has 0 aliphatic heterocycles. The van der Waals surface area contributed by atoms with Gasteiger partial charge in [0, 0.05) is 6.42 Å². The Hall–Kier alpha value is -1.64. The molecule has 0 radical (unpaired) electrons. The molecule has 0 amide bonds. The van der Waals surface area contributed by atoms with Gasteiger partial charge in [0.1, 0.15) is 17.3 Å². The van der Waals surface area contributed by atoms with E-state index in [9.17, 15) is 9.59 Å². The Morgan fingerprint density at radius 2 is 2.05 bits per heavy atom. The zero-order valence-corrected chi connectivity index (χ0v) is 11.9. The molecule has 0 saturated heterocycles. The number of ether oxygens (including phenoxy) is 1. The number of carbonyl (C=O) groups is 2. The molecule has 1 unspecified atom stereocenters. The summed E-state index contributed by atoms with van der Waals surface area (Å²) >= 11 is 0. The van der Waals surface area contributed by atoms with E-state index < -0.39 is 5.92 Å². The van der Waals surface area contributed by atoms with Gasteiger partial charge in [-0.15, -0.1) is 0 Å². The van der Waals surface area contributed by atoms with E-state index in [4.69, 9.17) is 4.74 Å². The topological polar surface area (TPSA) is 43.4 Å². The molecule has 0 N–H and O–H groups in total. The molecule has 1 aromatic carbocycles. The van der Waals surface area contributed by atoms with Crippen LogP contribution in [0.2, 0.25) is 0 Å². The third-order valence-electron chi connectivity index (χ3n) is 3.32. The predicted molar refractivity (Wildman–Crippen MR) is 75.4 cm³/mol. The molecule has 0 aliphatic rings. The summed E-state index contributed by atoms with van der Waals surface area (Å²) in [6.45, 7) is 3.31. The van der Waals surface area contributed by atoms with E-state index in [1.807, 2.05) is 24.3 Å². The second-order valence-electron chi connectivity index (χ2n) is 4.73. The van der Waals surface area contributed by atoms with Crippen molar-refractivity contribution < 1.29 is 14.3 Å². The minimum absolute atomic E-state index is 0.0162. The maximum Gasteiger partial charge on any atom is 0.143 e. The smallest absolute Gasteiger partial charge is 0.143 e. The highest BCUT2D eigenvalue weighted by atomic mass is 16.5. The molecular formula is C16H22O3. The van der Waals surface area contributed by atoms with Crippen LogP contribution in [0.15, 0.2) is 24.3 Å². The predicted octanol–water partition coefficient (Wildman–Crippen LogP) is 3.20. The molecule has 0 spiro atoms. The van der Waals surface area contributed by atoms with Crippen LogP contribution >= 0.6 is 0 Å². The van der Waals surface area contributed by atoms with E-state index in [-0.39, 0.29) is 11.6 Å². The quantitative estimate of drug-likeness (QED) is 0.676. The number of hydrogen-bond donors (Lipinski definition) is 0. The number of methoxy groups -OCH3 is 1. The van der Waals surface area contributed by atoms with Gasteiger partial charge in [0.15, 0.2) is 0 Å². The first-order chi connectivity index (χ1) is 9.08. The number of aryl methyl sites for hydroxylation is 1. The summed E-state index contributed by atoms with van der Waals surface area (Å²) in [7, 11) is 1.64. The molecule has 104 valence electrons. The number of hydrogen-bond acceptors (Lipinski definition) is 3. The Morgan fingerprint density at radius 3 is 2.63 bits per heavy atom. The van der Waals surface area contributed by atoms with Crippen LogP contribution in [0.1, 0.15) is 38.7 Å². The van der Waals surface area contributed by atoms with Crippen LogP contribution in [0.5, 0.6) is 5.75 Å². The van der Waals surface area contributed by atoms with E-state index in [1.54, 1.807) is 14.0 Å². The van der Waals surface area contributed by atoms with Crippen molar-refractivity contribution in [1.82, 2.24) is 0 Å². The van der Waals surface area contributed by atoms with Crippen molar-refractivity contribution in [2.24, 2.45) is 5.92 Å². The Bertz CT molecular complexity index is 437. The maximum atomic E-state index is 11.7. The second-order valence-corrected chi connectivity index (χ2v) is 4.73. The third-order valence-corrected chi connectivity index (χ3v) is 3.32. The summed E-state index contributed by atoms with van der Waals surface area (Å²) in [5.41, 5.74) is 1.17. The molecule has 19 heavy (non-hydrogen) atoms. The van der Waals surface area contributed by atoms with Crippen LogP contribution in [0.25, 0.3) is 0 Å². The first-order valence-corrected chi connectivity index (χ1v) is 6.74. The van der Waals surface area contributed by atoms with Crippen molar-refractivity contribution in [3.63, 3.8) is 0 Å².